The summed E-state index contributed by atoms with van der Waals surface area (Å²) in [5.74, 6) is 4.19. The van der Waals surface area contributed by atoms with Gasteiger partial charge in [0, 0.05) is 6.04 Å². The second-order valence-electron chi connectivity index (χ2n) is 6.19. The molecule has 0 aromatic heterocycles. The van der Waals surface area contributed by atoms with Gasteiger partial charge in [0.1, 0.15) is 0 Å². The van der Waals surface area contributed by atoms with Gasteiger partial charge in [-0.3, -0.25) is 0 Å². The monoisotopic (exact) mass is 177 g/mol. The lowest BCUT2D eigenvalue weighted by atomic mass is 9.67. The highest BCUT2D eigenvalue weighted by atomic mass is 14.8. The van der Waals surface area contributed by atoms with Crippen molar-refractivity contribution in [2.24, 2.45) is 34.8 Å². The normalized spacial score (nSPS) is 67.6. The van der Waals surface area contributed by atoms with Crippen LogP contribution in [0.4, 0.5) is 0 Å². The van der Waals surface area contributed by atoms with E-state index in [1.807, 2.05) is 0 Å². The Bertz CT molecular complexity index is 246. The fourth-order valence-electron chi connectivity index (χ4n) is 5.08. The van der Waals surface area contributed by atoms with Crippen LogP contribution in [0.1, 0.15) is 38.5 Å². The van der Waals surface area contributed by atoms with Gasteiger partial charge < -0.3 is 5.73 Å². The van der Waals surface area contributed by atoms with Crippen molar-refractivity contribution in [3.8, 4) is 0 Å². The Balaban J connectivity index is 1.72. The molecular formula is C12H19N. The Kier molecular flexibility index (Phi) is 1.11. The van der Waals surface area contributed by atoms with Crippen molar-refractivity contribution < 1.29 is 0 Å². The van der Waals surface area contributed by atoms with E-state index in [-0.39, 0.29) is 0 Å². The van der Waals surface area contributed by atoms with E-state index in [2.05, 4.69) is 0 Å². The molecule has 2 N–H and O–H groups in total. The first kappa shape index (κ1) is 7.28. The molecule has 1 spiro atoms. The quantitative estimate of drug-likeness (QED) is 0.603. The molecule has 2 bridgehead atoms. The van der Waals surface area contributed by atoms with Gasteiger partial charge in [-0.15, -0.1) is 0 Å². The van der Waals surface area contributed by atoms with E-state index in [1.165, 1.54) is 32.1 Å². The third-order valence-corrected chi connectivity index (χ3v) is 5.81. The van der Waals surface area contributed by atoms with Gasteiger partial charge >= 0.3 is 0 Å². The van der Waals surface area contributed by atoms with Crippen molar-refractivity contribution in [3.63, 3.8) is 0 Å². The molecule has 1 nitrogen and oxygen atoms in total. The summed E-state index contributed by atoms with van der Waals surface area (Å²) in [5.41, 5.74) is 7.11. The molecule has 13 heavy (non-hydrogen) atoms. The lowest BCUT2D eigenvalue weighted by Crippen LogP contribution is -2.45. The second kappa shape index (κ2) is 1.98. The highest BCUT2D eigenvalue weighted by Crippen LogP contribution is 2.70. The molecule has 4 fully saturated rings. The van der Waals surface area contributed by atoms with Gasteiger partial charge in [0.15, 0.2) is 0 Å². The highest BCUT2D eigenvalue weighted by molar-refractivity contribution is 5.16. The van der Waals surface area contributed by atoms with Gasteiger partial charge in [-0.1, -0.05) is 0 Å². The average Bonchev–Trinajstić information content (AvgIpc) is 2.55. The van der Waals surface area contributed by atoms with E-state index >= 15 is 0 Å². The molecule has 0 aromatic rings. The SMILES string of the molecule is N[C@@H]1C2CCC(C2)C12CC1CC1C2. The summed E-state index contributed by atoms with van der Waals surface area (Å²) in [5, 5.41) is 0. The zero-order valence-electron chi connectivity index (χ0n) is 8.21. The van der Waals surface area contributed by atoms with Crippen LogP contribution in [-0.4, -0.2) is 6.04 Å². The van der Waals surface area contributed by atoms with Crippen LogP contribution < -0.4 is 5.73 Å². The standard InChI is InChI=1S/C12H19N/c13-11-7-1-2-10(4-7)12(11)5-8-3-9(8)6-12/h7-11H,1-6,13H2/t7?,8?,9?,10?,11-,12?/m1/s1. The lowest BCUT2D eigenvalue weighted by Gasteiger charge is -2.40. The molecule has 0 saturated heterocycles. The van der Waals surface area contributed by atoms with Crippen LogP contribution in [0.5, 0.6) is 0 Å². The maximum atomic E-state index is 6.44. The smallest absolute Gasteiger partial charge is 0.0127 e. The summed E-state index contributed by atoms with van der Waals surface area (Å²) in [6, 6.07) is 0.596. The van der Waals surface area contributed by atoms with Crippen LogP contribution in [0.2, 0.25) is 0 Å². The number of fused-ring (bicyclic) bond motifs is 4. The van der Waals surface area contributed by atoms with Crippen molar-refractivity contribution in [2.75, 3.05) is 0 Å². The molecule has 4 unspecified atom stereocenters. The lowest BCUT2D eigenvalue weighted by molar-refractivity contribution is 0.121. The Labute approximate surface area is 80.1 Å². The Hall–Kier alpha value is -0.0400. The minimum absolute atomic E-state index is 0.596. The van der Waals surface area contributed by atoms with Gasteiger partial charge in [0.05, 0.1) is 0 Å². The van der Waals surface area contributed by atoms with Gasteiger partial charge in [0.2, 0.25) is 0 Å². The van der Waals surface area contributed by atoms with Crippen LogP contribution >= 0.6 is 0 Å². The molecule has 5 atom stereocenters. The first-order valence-corrected chi connectivity index (χ1v) is 6.05. The van der Waals surface area contributed by atoms with Crippen LogP contribution in [0.25, 0.3) is 0 Å². The molecule has 72 valence electrons. The molecule has 4 rings (SSSR count). The molecule has 0 aliphatic heterocycles. The Morgan fingerprint density at radius 3 is 2.31 bits per heavy atom. The Morgan fingerprint density at radius 2 is 1.69 bits per heavy atom. The molecule has 0 aromatic carbocycles. The summed E-state index contributed by atoms with van der Waals surface area (Å²) in [7, 11) is 0. The maximum absolute atomic E-state index is 6.44. The zero-order chi connectivity index (χ0) is 8.63. The maximum Gasteiger partial charge on any atom is 0.0127 e. The molecule has 4 aliphatic carbocycles. The first-order valence-electron chi connectivity index (χ1n) is 6.05. The largest absolute Gasteiger partial charge is 0.327 e. The summed E-state index contributed by atoms with van der Waals surface area (Å²) in [6.45, 7) is 0. The Morgan fingerprint density at radius 1 is 0.923 bits per heavy atom. The molecule has 4 saturated carbocycles. The first-order chi connectivity index (χ1) is 6.29. The van der Waals surface area contributed by atoms with Crippen LogP contribution in [0, 0.1) is 29.1 Å². The van der Waals surface area contributed by atoms with Gasteiger partial charge in [-0.05, 0) is 67.6 Å². The van der Waals surface area contributed by atoms with Crippen LogP contribution in [0.3, 0.4) is 0 Å². The topological polar surface area (TPSA) is 26.0 Å². The van der Waals surface area contributed by atoms with E-state index in [9.17, 15) is 0 Å². The van der Waals surface area contributed by atoms with E-state index in [4.69, 9.17) is 5.73 Å². The fourth-order valence-corrected chi connectivity index (χ4v) is 5.08. The van der Waals surface area contributed by atoms with Gasteiger partial charge in [-0.2, -0.15) is 0 Å². The van der Waals surface area contributed by atoms with Crippen molar-refractivity contribution in [1.82, 2.24) is 0 Å². The molecule has 0 amide bonds. The van der Waals surface area contributed by atoms with Gasteiger partial charge in [-0.25, -0.2) is 0 Å². The average molecular weight is 177 g/mol. The molecule has 0 radical (unpaired) electrons. The molecular weight excluding hydrogens is 158 g/mol. The van der Waals surface area contributed by atoms with E-state index in [0.29, 0.717) is 11.5 Å². The minimum Gasteiger partial charge on any atom is -0.327 e. The van der Waals surface area contributed by atoms with Crippen LogP contribution in [0.15, 0.2) is 0 Å². The third kappa shape index (κ3) is 0.707. The number of hydrogen-bond donors (Lipinski definition) is 1. The third-order valence-electron chi connectivity index (χ3n) is 5.81. The summed E-state index contributed by atoms with van der Waals surface area (Å²) < 4.78 is 0. The summed E-state index contributed by atoms with van der Waals surface area (Å²) in [4.78, 5) is 0. The van der Waals surface area contributed by atoms with Crippen molar-refractivity contribution >= 4 is 0 Å². The van der Waals surface area contributed by atoms with Crippen molar-refractivity contribution in [1.29, 1.82) is 0 Å². The summed E-state index contributed by atoms with van der Waals surface area (Å²) >= 11 is 0. The van der Waals surface area contributed by atoms with Crippen LogP contribution in [-0.2, 0) is 0 Å². The highest BCUT2D eigenvalue weighted by Gasteiger charge is 2.64. The van der Waals surface area contributed by atoms with E-state index in [0.717, 1.165) is 23.7 Å². The zero-order valence-corrected chi connectivity index (χ0v) is 8.21. The predicted molar refractivity (Wildman–Crippen MR) is 52.1 cm³/mol. The second-order valence-corrected chi connectivity index (χ2v) is 6.19. The van der Waals surface area contributed by atoms with E-state index < -0.39 is 0 Å². The van der Waals surface area contributed by atoms with E-state index in [1.54, 1.807) is 6.42 Å². The number of hydrogen-bond acceptors (Lipinski definition) is 1. The van der Waals surface area contributed by atoms with Crippen molar-refractivity contribution in [2.45, 2.75) is 44.6 Å². The van der Waals surface area contributed by atoms with Gasteiger partial charge in [0.25, 0.3) is 0 Å². The molecule has 1 heteroatoms. The predicted octanol–water partition coefficient (Wildman–Crippen LogP) is 2.16. The minimum atomic E-state index is 0.596. The fraction of sp³-hybridized carbons (Fsp3) is 1.00. The molecule has 4 aliphatic rings. The van der Waals surface area contributed by atoms with Crippen molar-refractivity contribution in [3.05, 3.63) is 0 Å². The number of nitrogens with two attached hydrogens (primary N) is 1. The molecule has 0 heterocycles. The summed E-state index contributed by atoms with van der Waals surface area (Å²) in [6.07, 6.45) is 9.02. The number of rotatable bonds is 0.